The molecule has 5 nitrogen and oxygen atoms in total. The smallest absolute Gasteiger partial charge is 0.116 e. The predicted molar refractivity (Wildman–Crippen MR) is 151 cm³/mol. The second kappa shape index (κ2) is 11.1. The fraction of sp³-hybridized carbons (Fsp3) is 1.00. The molecule has 1 saturated carbocycles. The van der Waals surface area contributed by atoms with Crippen LogP contribution in [0.15, 0.2) is 0 Å². The van der Waals surface area contributed by atoms with Crippen LogP contribution in [0.25, 0.3) is 0 Å². The number of ether oxygens (including phenoxy) is 5. The quantitative estimate of drug-likeness (QED) is 0.360. The van der Waals surface area contributed by atoms with Crippen LogP contribution in [0.3, 0.4) is 0 Å². The first-order chi connectivity index (χ1) is 15.6. The van der Waals surface area contributed by atoms with Crippen molar-refractivity contribution >= 4 is 0 Å². The number of rotatable bonds is 6. The molecule has 1 aliphatic rings. The van der Waals surface area contributed by atoms with Gasteiger partial charge >= 0.3 is 0 Å². The van der Waals surface area contributed by atoms with Gasteiger partial charge in [-0.05, 0) is 116 Å². The summed E-state index contributed by atoms with van der Waals surface area (Å²) in [5.41, 5.74) is -1.86. The minimum absolute atomic E-state index is 0.0444. The lowest BCUT2D eigenvalue weighted by molar-refractivity contribution is -0.321. The van der Waals surface area contributed by atoms with Crippen LogP contribution >= 0.6 is 0 Å². The van der Waals surface area contributed by atoms with E-state index in [1.165, 1.54) is 0 Å². The largest absolute Gasteiger partial charge is 0.369 e. The van der Waals surface area contributed by atoms with E-state index >= 15 is 0 Å². The van der Waals surface area contributed by atoms with Crippen LogP contribution in [-0.4, -0.2) is 58.5 Å². The molecule has 0 spiro atoms. The zero-order valence-electron chi connectivity index (χ0n) is 27.2. The summed E-state index contributed by atoms with van der Waals surface area (Å²) in [6.45, 7) is 38.5. The third-order valence-electron chi connectivity index (χ3n) is 5.44. The van der Waals surface area contributed by atoms with E-state index in [2.05, 4.69) is 125 Å². The molecule has 0 heterocycles. The lowest BCUT2D eigenvalue weighted by Gasteiger charge is -2.56. The molecular weight excluding hydrogens is 452 g/mol. The Morgan fingerprint density at radius 2 is 0.528 bits per heavy atom. The van der Waals surface area contributed by atoms with E-state index in [1.54, 1.807) is 0 Å². The van der Waals surface area contributed by atoms with Gasteiger partial charge in [-0.2, -0.15) is 0 Å². The van der Waals surface area contributed by atoms with Crippen LogP contribution in [0.1, 0.15) is 131 Å². The Kier molecular flexibility index (Phi) is 10.4. The summed E-state index contributed by atoms with van der Waals surface area (Å²) in [5.74, 6) is 0.0444. The van der Waals surface area contributed by atoms with E-state index in [1.807, 2.05) is 0 Å². The van der Waals surface area contributed by atoms with E-state index in [0.717, 1.165) is 6.42 Å². The highest BCUT2D eigenvalue weighted by Gasteiger charge is 2.58. The van der Waals surface area contributed by atoms with Crippen molar-refractivity contribution in [3.05, 3.63) is 0 Å². The van der Waals surface area contributed by atoms with E-state index in [-0.39, 0.29) is 64.3 Å². The van der Waals surface area contributed by atoms with Gasteiger partial charge in [0.1, 0.15) is 18.3 Å². The van der Waals surface area contributed by atoms with Crippen LogP contribution in [0.4, 0.5) is 0 Å². The van der Waals surface area contributed by atoms with Crippen LogP contribution < -0.4 is 0 Å². The van der Waals surface area contributed by atoms with Crippen LogP contribution in [0, 0.1) is 11.3 Å². The van der Waals surface area contributed by atoms with E-state index in [4.69, 9.17) is 23.7 Å². The average Bonchev–Trinajstić information content (AvgIpc) is 2.51. The zero-order chi connectivity index (χ0) is 28.7. The lowest BCUT2D eigenvalue weighted by Crippen LogP contribution is -2.69. The summed E-state index contributed by atoms with van der Waals surface area (Å²) in [5, 5.41) is 0. The third kappa shape index (κ3) is 12.6. The van der Waals surface area contributed by atoms with Gasteiger partial charge in [-0.15, -0.1) is 0 Å². The van der Waals surface area contributed by atoms with Gasteiger partial charge < -0.3 is 23.7 Å². The molecular formula is C31H62O5. The van der Waals surface area contributed by atoms with Gasteiger partial charge in [-0.1, -0.05) is 20.8 Å². The molecule has 1 aliphatic carbocycles. The first kappa shape index (κ1) is 33.8. The Balaban J connectivity index is 3.94. The minimum atomic E-state index is -0.404. The minimum Gasteiger partial charge on any atom is -0.369 e. The lowest BCUT2D eigenvalue weighted by atomic mass is 9.70. The second-order valence-electron chi connectivity index (χ2n) is 16.9. The monoisotopic (exact) mass is 514 g/mol. The van der Waals surface area contributed by atoms with Crippen molar-refractivity contribution in [2.24, 2.45) is 11.3 Å². The average molecular weight is 515 g/mol. The summed E-state index contributed by atoms with van der Waals surface area (Å²) in [4.78, 5) is 0. The molecule has 0 bridgehead atoms. The van der Waals surface area contributed by atoms with Gasteiger partial charge in [0.15, 0.2) is 0 Å². The summed E-state index contributed by atoms with van der Waals surface area (Å²) in [6, 6.07) is 0. The van der Waals surface area contributed by atoms with Gasteiger partial charge in [0, 0.05) is 5.92 Å². The Morgan fingerprint density at radius 1 is 0.333 bits per heavy atom. The van der Waals surface area contributed by atoms with Crippen molar-refractivity contribution in [2.45, 2.75) is 190 Å². The van der Waals surface area contributed by atoms with Gasteiger partial charge in [0.25, 0.3) is 0 Å². The molecule has 0 saturated heterocycles. The van der Waals surface area contributed by atoms with Crippen LogP contribution in [0.5, 0.6) is 0 Å². The molecule has 4 atom stereocenters. The van der Waals surface area contributed by atoms with Crippen molar-refractivity contribution in [1.82, 2.24) is 0 Å². The second-order valence-corrected chi connectivity index (χ2v) is 16.9. The molecule has 0 N–H and O–H groups in total. The fourth-order valence-corrected chi connectivity index (χ4v) is 4.93. The highest BCUT2D eigenvalue weighted by molar-refractivity contribution is 5.06. The molecule has 0 aromatic rings. The van der Waals surface area contributed by atoms with Crippen LogP contribution in [-0.2, 0) is 23.7 Å². The molecule has 36 heavy (non-hydrogen) atoms. The Labute approximate surface area is 224 Å². The molecule has 0 radical (unpaired) electrons. The van der Waals surface area contributed by atoms with E-state index in [0.29, 0.717) is 0 Å². The highest BCUT2D eigenvalue weighted by atomic mass is 16.6. The Hall–Kier alpha value is -0.200. The van der Waals surface area contributed by atoms with Crippen LogP contribution in [0.2, 0.25) is 0 Å². The molecule has 0 amide bonds. The van der Waals surface area contributed by atoms with Crippen molar-refractivity contribution in [3.63, 3.8) is 0 Å². The summed E-state index contributed by atoms with van der Waals surface area (Å²) in [6.07, 6.45) is -0.596. The van der Waals surface area contributed by atoms with E-state index in [9.17, 15) is 0 Å². The standard InChI is InChI=1S/C31H62O5/c1-26(2,3)19-20-21(32-27(4,5)6)23(34-29(10,11)12)25(36-31(16,17)18)24(35-30(13,14)15)22(20)33-28(7,8)9/h20-25H,19H2,1-18H3. The highest BCUT2D eigenvalue weighted by Crippen LogP contribution is 2.46. The van der Waals surface area contributed by atoms with Gasteiger partial charge in [-0.3, -0.25) is 0 Å². The molecule has 0 aromatic carbocycles. The van der Waals surface area contributed by atoms with Gasteiger partial charge in [0.2, 0.25) is 0 Å². The maximum absolute atomic E-state index is 6.92. The molecule has 1 fully saturated rings. The van der Waals surface area contributed by atoms with Gasteiger partial charge in [-0.25, -0.2) is 0 Å². The SMILES string of the molecule is CC(C)(C)CC1C(OC(C)(C)C)C(OC(C)(C)C)C(OC(C)(C)C)C(OC(C)(C)C)C1OC(C)(C)C. The van der Waals surface area contributed by atoms with Gasteiger partial charge in [0.05, 0.1) is 40.2 Å². The first-order valence-electron chi connectivity index (χ1n) is 14.0. The molecule has 216 valence electrons. The first-order valence-corrected chi connectivity index (χ1v) is 14.0. The van der Waals surface area contributed by atoms with Crippen molar-refractivity contribution in [2.75, 3.05) is 0 Å². The fourth-order valence-electron chi connectivity index (χ4n) is 4.93. The molecule has 1 rings (SSSR count). The topological polar surface area (TPSA) is 46.2 Å². The Morgan fingerprint density at radius 3 is 0.722 bits per heavy atom. The molecule has 5 heteroatoms. The molecule has 0 aromatic heterocycles. The predicted octanol–water partition coefficient (Wildman–Crippen LogP) is 7.97. The number of hydrogen-bond donors (Lipinski definition) is 0. The zero-order valence-corrected chi connectivity index (χ0v) is 27.2. The summed E-state index contributed by atoms with van der Waals surface area (Å²) >= 11 is 0. The molecule has 4 unspecified atom stereocenters. The van der Waals surface area contributed by atoms with Crippen molar-refractivity contribution in [3.8, 4) is 0 Å². The molecule has 0 aliphatic heterocycles. The normalized spacial score (nSPS) is 29.5. The van der Waals surface area contributed by atoms with Crippen molar-refractivity contribution < 1.29 is 23.7 Å². The Bertz CT molecular complexity index is 506. The number of hydrogen-bond acceptors (Lipinski definition) is 5. The maximum Gasteiger partial charge on any atom is 0.116 e. The maximum atomic E-state index is 6.92. The summed E-state index contributed by atoms with van der Waals surface area (Å²) < 4.78 is 34.5. The third-order valence-corrected chi connectivity index (χ3v) is 5.44. The summed E-state index contributed by atoms with van der Waals surface area (Å²) in [7, 11) is 0. The van der Waals surface area contributed by atoms with Crippen molar-refractivity contribution in [1.29, 1.82) is 0 Å². The van der Waals surface area contributed by atoms with E-state index < -0.39 is 5.60 Å².